The topological polar surface area (TPSA) is 67.9 Å². The first-order chi connectivity index (χ1) is 12.4. The number of aryl methyl sites for hydroxylation is 1. The van der Waals surface area contributed by atoms with Crippen molar-refractivity contribution < 1.29 is 19.1 Å². The molecule has 0 unspecified atom stereocenters. The van der Waals surface area contributed by atoms with Crippen LogP contribution in [0.4, 0.5) is 11.4 Å². The Morgan fingerprint density at radius 1 is 1.12 bits per heavy atom. The number of halogens is 1. The number of anilines is 2. The summed E-state index contributed by atoms with van der Waals surface area (Å²) in [6.45, 7) is 3.03. The number of benzene rings is 2. The lowest BCUT2D eigenvalue weighted by atomic mass is 10.1. The second-order valence-corrected chi connectivity index (χ2v) is 6.03. The highest BCUT2D eigenvalue weighted by Crippen LogP contribution is 2.34. The minimum absolute atomic E-state index is 0.176. The van der Waals surface area contributed by atoms with Crippen molar-refractivity contribution in [2.45, 2.75) is 13.8 Å². The van der Waals surface area contributed by atoms with Gasteiger partial charge in [0.25, 0.3) is 0 Å². The number of carbonyl (C=O) groups excluding carboxylic acids is 2. The van der Waals surface area contributed by atoms with Crippen LogP contribution in [0.15, 0.2) is 36.4 Å². The van der Waals surface area contributed by atoms with Gasteiger partial charge < -0.3 is 14.8 Å². The molecule has 0 radical (unpaired) electrons. The van der Waals surface area contributed by atoms with Gasteiger partial charge in [-0.25, -0.2) is 0 Å². The lowest BCUT2D eigenvalue weighted by Crippen LogP contribution is -2.37. The Kier molecular flexibility index (Phi) is 6.46. The molecule has 1 N–H and O–H groups in total. The number of hydrogen-bond donors (Lipinski definition) is 1. The lowest BCUT2D eigenvalue weighted by molar-refractivity contribution is -0.120. The highest BCUT2D eigenvalue weighted by Gasteiger charge is 2.21. The average Bonchev–Trinajstić information content (AvgIpc) is 2.62. The van der Waals surface area contributed by atoms with Gasteiger partial charge in [0.05, 0.1) is 25.6 Å². The molecule has 0 aliphatic rings. The Bertz CT molecular complexity index is 823. The molecule has 26 heavy (non-hydrogen) atoms. The fourth-order valence-electron chi connectivity index (χ4n) is 2.47. The van der Waals surface area contributed by atoms with Crippen molar-refractivity contribution in [3.63, 3.8) is 0 Å². The van der Waals surface area contributed by atoms with E-state index in [4.69, 9.17) is 21.1 Å². The van der Waals surface area contributed by atoms with Gasteiger partial charge in [0.1, 0.15) is 18.0 Å². The quantitative estimate of drug-likeness (QED) is 0.835. The van der Waals surface area contributed by atoms with E-state index in [1.807, 2.05) is 6.92 Å². The zero-order valence-electron chi connectivity index (χ0n) is 15.1. The van der Waals surface area contributed by atoms with Gasteiger partial charge >= 0.3 is 0 Å². The van der Waals surface area contributed by atoms with Crippen LogP contribution < -0.4 is 19.7 Å². The monoisotopic (exact) mass is 376 g/mol. The number of nitrogens with zero attached hydrogens (tertiary/aromatic N) is 1. The number of hydrogen-bond acceptors (Lipinski definition) is 4. The third-order valence-corrected chi connectivity index (χ3v) is 4.22. The minimum Gasteiger partial charge on any atom is -0.495 e. The molecule has 0 bridgehead atoms. The van der Waals surface area contributed by atoms with Crippen molar-refractivity contribution in [1.29, 1.82) is 0 Å². The summed E-state index contributed by atoms with van der Waals surface area (Å²) in [7, 11) is 3.01. The number of ether oxygens (including phenoxy) is 2. The average molecular weight is 377 g/mol. The zero-order chi connectivity index (χ0) is 19.3. The molecule has 0 spiro atoms. The molecule has 6 nitrogen and oxygen atoms in total. The van der Waals surface area contributed by atoms with Crippen LogP contribution in [0, 0.1) is 6.92 Å². The Labute approximate surface area is 157 Å². The van der Waals surface area contributed by atoms with Gasteiger partial charge in [-0.1, -0.05) is 23.7 Å². The number of carbonyl (C=O) groups is 2. The standard InChI is InChI=1S/C19H21ClN2O4/c1-12-9-16(18(26-4)10-14(12)20)22(13(2)23)11-19(24)21-15-7-5-6-8-17(15)25-3/h5-10H,11H2,1-4H3,(H,21,24). The first-order valence-electron chi connectivity index (χ1n) is 7.92. The molecule has 0 aliphatic heterocycles. The maximum atomic E-state index is 12.5. The van der Waals surface area contributed by atoms with Gasteiger partial charge in [-0.3, -0.25) is 14.5 Å². The maximum Gasteiger partial charge on any atom is 0.244 e. The molecule has 0 atom stereocenters. The maximum absolute atomic E-state index is 12.5. The molecule has 2 aromatic rings. The number of amides is 2. The summed E-state index contributed by atoms with van der Waals surface area (Å²) in [5, 5.41) is 3.28. The number of para-hydroxylation sites is 2. The summed E-state index contributed by atoms with van der Waals surface area (Å²) < 4.78 is 10.5. The second kappa shape index (κ2) is 8.58. The highest BCUT2D eigenvalue weighted by atomic mass is 35.5. The number of rotatable bonds is 6. The van der Waals surface area contributed by atoms with E-state index in [-0.39, 0.29) is 18.4 Å². The molecule has 0 aromatic heterocycles. The summed E-state index contributed by atoms with van der Waals surface area (Å²) in [5.74, 6) is 0.301. The molecule has 0 fully saturated rings. The van der Waals surface area contributed by atoms with Crippen LogP contribution >= 0.6 is 11.6 Å². The van der Waals surface area contributed by atoms with Crippen molar-refractivity contribution in [1.82, 2.24) is 0 Å². The fourth-order valence-corrected chi connectivity index (χ4v) is 2.62. The molecular weight excluding hydrogens is 356 g/mol. The van der Waals surface area contributed by atoms with E-state index >= 15 is 0 Å². The van der Waals surface area contributed by atoms with Crippen LogP contribution in [0.5, 0.6) is 11.5 Å². The molecule has 7 heteroatoms. The zero-order valence-corrected chi connectivity index (χ0v) is 15.9. The number of nitrogens with one attached hydrogen (secondary N) is 1. The van der Waals surface area contributed by atoms with Crippen molar-refractivity contribution in [2.24, 2.45) is 0 Å². The van der Waals surface area contributed by atoms with Crippen LogP contribution in [0.3, 0.4) is 0 Å². The van der Waals surface area contributed by atoms with Gasteiger partial charge in [-0.2, -0.15) is 0 Å². The minimum atomic E-state index is -0.362. The fraction of sp³-hybridized carbons (Fsp3) is 0.263. The molecule has 0 aliphatic carbocycles. The first kappa shape index (κ1) is 19.6. The SMILES string of the molecule is COc1ccccc1NC(=O)CN(C(C)=O)c1cc(C)c(Cl)cc1OC. The smallest absolute Gasteiger partial charge is 0.244 e. The van der Waals surface area contributed by atoms with Crippen LogP contribution in [0.1, 0.15) is 12.5 Å². The summed E-state index contributed by atoms with van der Waals surface area (Å²) in [5.41, 5.74) is 1.79. The van der Waals surface area contributed by atoms with Crippen LogP contribution in [-0.2, 0) is 9.59 Å². The summed E-state index contributed by atoms with van der Waals surface area (Å²) in [6, 6.07) is 10.4. The number of methoxy groups -OCH3 is 2. The van der Waals surface area contributed by atoms with E-state index < -0.39 is 0 Å². The summed E-state index contributed by atoms with van der Waals surface area (Å²) in [6.07, 6.45) is 0. The van der Waals surface area contributed by atoms with Crippen molar-refractivity contribution in [2.75, 3.05) is 31.0 Å². The van der Waals surface area contributed by atoms with E-state index in [9.17, 15) is 9.59 Å². The van der Waals surface area contributed by atoms with Crippen molar-refractivity contribution in [3.05, 3.63) is 47.0 Å². The first-order valence-corrected chi connectivity index (χ1v) is 8.30. The van der Waals surface area contributed by atoms with E-state index in [1.165, 1.54) is 26.0 Å². The highest BCUT2D eigenvalue weighted by molar-refractivity contribution is 6.31. The Morgan fingerprint density at radius 3 is 2.38 bits per heavy atom. The third kappa shape index (κ3) is 4.46. The Balaban J connectivity index is 2.28. The van der Waals surface area contributed by atoms with Gasteiger partial charge in [-0.05, 0) is 30.7 Å². The van der Waals surface area contributed by atoms with E-state index in [0.717, 1.165) is 5.56 Å². The molecule has 2 rings (SSSR count). The van der Waals surface area contributed by atoms with Gasteiger partial charge in [0, 0.05) is 18.0 Å². The van der Waals surface area contributed by atoms with E-state index in [2.05, 4.69) is 5.32 Å². The molecule has 2 aromatic carbocycles. The summed E-state index contributed by atoms with van der Waals surface area (Å²) in [4.78, 5) is 26.0. The molecule has 0 saturated carbocycles. The van der Waals surface area contributed by atoms with Gasteiger partial charge in [-0.15, -0.1) is 0 Å². The van der Waals surface area contributed by atoms with Crippen LogP contribution in [0.25, 0.3) is 0 Å². The Hall–Kier alpha value is -2.73. The largest absolute Gasteiger partial charge is 0.495 e. The molecule has 0 heterocycles. The molecule has 2 amide bonds. The van der Waals surface area contributed by atoms with E-state index in [1.54, 1.807) is 36.4 Å². The lowest BCUT2D eigenvalue weighted by Gasteiger charge is -2.24. The normalized spacial score (nSPS) is 10.2. The molecule has 138 valence electrons. The molecule has 0 saturated heterocycles. The predicted octanol–water partition coefficient (Wildman–Crippen LogP) is 3.66. The van der Waals surface area contributed by atoms with Gasteiger partial charge in [0.2, 0.25) is 11.8 Å². The predicted molar refractivity (Wildman–Crippen MR) is 102 cm³/mol. The van der Waals surface area contributed by atoms with Gasteiger partial charge in [0.15, 0.2) is 0 Å². The van der Waals surface area contributed by atoms with Crippen LogP contribution in [-0.4, -0.2) is 32.6 Å². The van der Waals surface area contributed by atoms with Crippen LogP contribution in [0.2, 0.25) is 5.02 Å². The Morgan fingerprint density at radius 2 is 1.77 bits per heavy atom. The second-order valence-electron chi connectivity index (χ2n) is 5.63. The van der Waals surface area contributed by atoms with Crippen molar-refractivity contribution in [3.8, 4) is 11.5 Å². The van der Waals surface area contributed by atoms with E-state index in [0.29, 0.717) is 27.9 Å². The third-order valence-electron chi connectivity index (χ3n) is 3.81. The molecular formula is C19H21ClN2O4. The van der Waals surface area contributed by atoms with Crippen molar-refractivity contribution >= 4 is 34.8 Å². The summed E-state index contributed by atoms with van der Waals surface area (Å²) >= 11 is 6.12.